The minimum atomic E-state index is 0.203. The van der Waals surface area contributed by atoms with Crippen molar-refractivity contribution in [2.24, 2.45) is 0 Å². The van der Waals surface area contributed by atoms with Gasteiger partial charge < -0.3 is 0 Å². The Morgan fingerprint density at radius 1 is 1.42 bits per heavy atom. The molecule has 0 heterocycles. The Morgan fingerprint density at radius 3 is 2.83 bits per heavy atom. The second-order valence-electron chi connectivity index (χ2n) is 2.84. The van der Waals surface area contributed by atoms with Gasteiger partial charge in [-0.05, 0) is 6.92 Å². The largest absolute Gasteiger partial charge is 0.295 e. The highest BCUT2D eigenvalue weighted by Gasteiger charge is 2.06. The first kappa shape index (κ1) is 8.98. The van der Waals surface area contributed by atoms with Crippen LogP contribution in [0.5, 0.6) is 0 Å². The van der Waals surface area contributed by atoms with Crippen molar-refractivity contribution in [2.75, 3.05) is 0 Å². The number of ketones is 1. The molecule has 1 rings (SSSR count). The maximum absolute atomic E-state index is 11.3. The van der Waals surface area contributed by atoms with Gasteiger partial charge >= 0.3 is 0 Å². The molecule has 0 atom stereocenters. The first-order chi connectivity index (χ1) is 5.74. The average molecular weight is 161 g/mol. The standard InChI is InChI=1S/C11H13O/c1-3-11(12)10-7-5-4-6-9(2)8-10/h4-8H,3H2,1-2H3. The number of rotatable bonds is 2. The Morgan fingerprint density at radius 2 is 2.17 bits per heavy atom. The molecule has 12 heavy (non-hydrogen) atoms. The number of Topliss-reactive ketones (excluding diaryl/α,β-unsaturated/α-hetero) is 1. The fourth-order valence-electron chi connectivity index (χ4n) is 1.09. The summed E-state index contributed by atoms with van der Waals surface area (Å²) >= 11 is 0. The molecule has 0 spiro atoms. The maximum atomic E-state index is 11.3. The van der Waals surface area contributed by atoms with Crippen LogP contribution < -0.4 is 0 Å². The van der Waals surface area contributed by atoms with Crippen molar-refractivity contribution in [3.05, 3.63) is 41.9 Å². The molecule has 0 N–H and O–H groups in total. The minimum Gasteiger partial charge on any atom is -0.295 e. The zero-order valence-electron chi connectivity index (χ0n) is 7.50. The van der Waals surface area contributed by atoms with Crippen LogP contribution in [0.1, 0.15) is 20.3 Å². The molecular formula is C11H13O. The van der Waals surface area contributed by atoms with Crippen molar-refractivity contribution in [3.8, 4) is 0 Å². The number of hydrogen-bond acceptors (Lipinski definition) is 1. The minimum absolute atomic E-state index is 0.203. The van der Waals surface area contributed by atoms with Crippen LogP contribution in [0.15, 0.2) is 35.5 Å². The smallest absolute Gasteiger partial charge is 0.159 e. The highest BCUT2D eigenvalue weighted by Crippen LogP contribution is 2.12. The Kier molecular flexibility index (Phi) is 3.03. The summed E-state index contributed by atoms with van der Waals surface area (Å²) in [5.41, 5.74) is 1.93. The lowest BCUT2D eigenvalue weighted by Crippen LogP contribution is -1.99. The zero-order chi connectivity index (χ0) is 8.97. The summed E-state index contributed by atoms with van der Waals surface area (Å²) in [7, 11) is 0. The van der Waals surface area contributed by atoms with E-state index in [4.69, 9.17) is 0 Å². The van der Waals surface area contributed by atoms with Crippen molar-refractivity contribution < 1.29 is 4.79 Å². The molecule has 0 bridgehead atoms. The summed E-state index contributed by atoms with van der Waals surface area (Å²) in [4.78, 5) is 11.3. The third-order valence-electron chi connectivity index (χ3n) is 1.77. The van der Waals surface area contributed by atoms with Crippen LogP contribution >= 0.6 is 0 Å². The summed E-state index contributed by atoms with van der Waals surface area (Å²) in [6, 6.07) is 0. The molecule has 0 aromatic heterocycles. The van der Waals surface area contributed by atoms with E-state index in [9.17, 15) is 4.79 Å². The molecule has 0 aliphatic heterocycles. The second-order valence-corrected chi connectivity index (χ2v) is 2.84. The summed E-state index contributed by atoms with van der Waals surface area (Å²) < 4.78 is 0. The van der Waals surface area contributed by atoms with E-state index in [0.717, 1.165) is 11.1 Å². The van der Waals surface area contributed by atoms with Crippen molar-refractivity contribution >= 4 is 5.78 Å². The molecule has 0 saturated heterocycles. The van der Waals surface area contributed by atoms with Crippen LogP contribution in [-0.4, -0.2) is 5.78 Å². The molecule has 1 heteroatoms. The molecule has 0 saturated carbocycles. The molecule has 0 aromatic carbocycles. The van der Waals surface area contributed by atoms with Gasteiger partial charge in [-0.1, -0.05) is 36.8 Å². The zero-order valence-corrected chi connectivity index (χ0v) is 7.50. The first-order valence-corrected chi connectivity index (χ1v) is 4.17. The van der Waals surface area contributed by atoms with E-state index in [2.05, 4.69) is 0 Å². The summed E-state index contributed by atoms with van der Waals surface area (Å²) in [6.07, 6.45) is 10.2. The SMILES string of the molecule is CCC(=O)C1=CC(C)=CC=C[CH]1. The summed E-state index contributed by atoms with van der Waals surface area (Å²) in [5, 5.41) is 0. The maximum Gasteiger partial charge on any atom is 0.159 e. The predicted molar refractivity (Wildman–Crippen MR) is 50.6 cm³/mol. The fraction of sp³-hybridized carbons (Fsp3) is 0.273. The lowest BCUT2D eigenvalue weighted by Gasteiger charge is -1.99. The number of carbonyl (C=O) groups excluding carboxylic acids is 1. The Hall–Kier alpha value is -1.11. The molecule has 1 aliphatic rings. The van der Waals surface area contributed by atoms with Crippen molar-refractivity contribution in [1.82, 2.24) is 0 Å². The molecule has 0 aromatic rings. The van der Waals surface area contributed by atoms with Gasteiger partial charge in [-0.3, -0.25) is 4.79 Å². The van der Waals surface area contributed by atoms with Gasteiger partial charge in [0.25, 0.3) is 0 Å². The van der Waals surface area contributed by atoms with E-state index in [1.807, 2.05) is 44.6 Å². The molecule has 0 unspecified atom stereocenters. The van der Waals surface area contributed by atoms with E-state index in [1.165, 1.54) is 0 Å². The highest BCUT2D eigenvalue weighted by atomic mass is 16.1. The van der Waals surface area contributed by atoms with Gasteiger partial charge in [-0.25, -0.2) is 0 Å². The third kappa shape index (κ3) is 2.19. The highest BCUT2D eigenvalue weighted by molar-refractivity contribution is 5.98. The van der Waals surface area contributed by atoms with Crippen LogP contribution in [0.2, 0.25) is 0 Å². The monoisotopic (exact) mass is 161 g/mol. The molecule has 1 nitrogen and oxygen atoms in total. The van der Waals surface area contributed by atoms with Crippen molar-refractivity contribution in [3.63, 3.8) is 0 Å². The van der Waals surface area contributed by atoms with Crippen molar-refractivity contribution in [2.45, 2.75) is 20.3 Å². The molecular weight excluding hydrogens is 148 g/mol. The van der Waals surface area contributed by atoms with Gasteiger partial charge in [-0.2, -0.15) is 0 Å². The van der Waals surface area contributed by atoms with Crippen molar-refractivity contribution in [1.29, 1.82) is 0 Å². The second kappa shape index (κ2) is 4.05. The van der Waals surface area contributed by atoms with E-state index >= 15 is 0 Å². The van der Waals surface area contributed by atoms with Gasteiger partial charge in [0.2, 0.25) is 0 Å². The molecule has 1 aliphatic carbocycles. The normalized spacial score (nSPS) is 16.5. The topological polar surface area (TPSA) is 17.1 Å². The number of carbonyl (C=O) groups is 1. The molecule has 0 amide bonds. The van der Waals surface area contributed by atoms with Gasteiger partial charge in [0, 0.05) is 18.4 Å². The van der Waals surface area contributed by atoms with Gasteiger partial charge in [0.05, 0.1) is 0 Å². The Labute approximate surface area is 73.5 Å². The molecule has 63 valence electrons. The Balaban J connectivity index is 2.85. The van der Waals surface area contributed by atoms with Crippen LogP contribution in [0.3, 0.4) is 0 Å². The van der Waals surface area contributed by atoms with Gasteiger partial charge in [0.15, 0.2) is 5.78 Å². The van der Waals surface area contributed by atoms with Gasteiger partial charge in [-0.15, -0.1) is 0 Å². The molecule has 0 fully saturated rings. The lowest BCUT2D eigenvalue weighted by molar-refractivity contribution is -0.115. The summed E-state index contributed by atoms with van der Waals surface area (Å²) in [5.74, 6) is 0.203. The third-order valence-corrected chi connectivity index (χ3v) is 1.77. The number of allylic oxidation sites excluding steroid dienone is 6. The summed E-state index contributed by atoms with van der Waals surface area (Å²) in [6.45, 7) is 3.87. The van der Waals surface area contributed by atoms with E-state index < -0.39 is 0 Å². The molecule has 1 radical (unpaired) electrons. The van der Waals surface area contributed by atoms with Crippen LogP contribution in [0.4, 0.5) is 0 Å². The lowest BCUT2D eigenvalue weighted by atomic mass is 10.0. The van der Waals surface area contributed by atoms with Gasteiger partial charge in [0.1, 0.15) is 0 Å². The van der Waals surface area contributed by atoms with E-state index in [1.54, 1.807) is 0 Å². The van der Waals surface area contributed by atoms with Crippen LogP contribution in [0, 0.1) is 6.42 Å². The van der Waals surface area contributed by atoms with E-state index in [0.29, 0.717) is 6.42 Å². The van der Waals surface area contributed by atoms with E-state index in [-0.39, 0.29) is 5.78 Å². The fourth-order valence-corrected chi connectivity index (χ4v) is 1.09. The Bertz CT molecular complexity index is 267. The first-order valence-electron chi connectivity index (χ1n) is 4.17. The number of hydrogen-bond donors (Lipinski definition) is 0. The van der Waals surface area contributed by atoms with Crippen LogP contribution in [0.25, 0.3) is 0 Å². The average Bonchev–Trinajstić information content (AvgIpc) is 2.28. The van der Waals surface area contributed by atoms with Crippen LogP contribution in [-0.2, 0) is 4.79 Å². The predicted octanol–water partition coefficient (Wildman–Crippen LogP) is 2.61. The quantitative estimate of drug-likeness (QED) is 0.608.